The molecule has 2 nitrogen and oxygen atoms in total. The zero-order valence-electron chi connectivity index (χ0n) is 9.79. The van der Waals surface area contributed by atoms with Crippen molar-refractivity contribution in [1.29, 1.82) is 0 Å². The molecule has 0 saturated heterocycles. The molecular weight excluding hydrogens is 216 g/mol. The van der Waals surface area contributed by atoms with E-state index < -0.39 is 0 Å². The molecule has 16 heavy (non-hydrogen) atoms. The highest BCUT2D eigenvalue weighted by atomic mass is 32.1. The van der Waals surface area contributed by atoms with Crippen LogP contribution in [0, 0.1) is 0 Å². The zero-order valence-corrected chi connectivity index (χ0v) is 10.6. The van der Waals surface area contributed by atoms with Crippen LogP contribution < -0.4 is 10.6 Å². The van der Waals surface area contributed by atoms with Crippen molar-refractivity contribution in [3.63, 3.8) is 0 Å². The third-order valence-electron chi connectivity index (χ3n) is 2.62. The third-order valence-corrected chi connectivity index (χ3v) is 3.46. The lowest BCUT2D eigenvalue weighted by Crippen LogP contribution is -2.26. The van der Waals surface area contributed by atoms with Crippen LogP contribution >= 0.6 is 11.3 Å². The van der Waals surface area contributed by atoms with Gasteiger partial charge in [0, 0.05) is 22.0 Å². The number of nitrogens with one attached hydrogen (secondary N) is 2. The number of hydrogen-bond donors (Lipinski definition) is 2. The van der Waals surface area contributed by atoms with Gasteiger partial charge in [-0.05, 0) is 44.4 Å². The third kappa shape index (κ3) is 2.36. The first-order valence-corrected chi connectivity index (χ1v) is 6.19. The summed E-state index contributed by atoms with van der Waals surface area (Å²) < 4.78 is 0. The van der Waals surface area contributed by atoms with E-state index in [4.69, 9.17) is 0 Å². The van der Waals surface area contributed by atoms with Gasteiger partial charge in [0.1, 0.15) is 0 Å². The number of allylic oxidation sites excluding steroid dienone is 4. The Bertz CT molecular complexity index is 464. The van der Waals surface area contributed by atoms with Gasteiger partial charge in [-0.15, -0.1) is 11.3 Å². The highest BCUT2D eigenvalue weighted by molar-refractivity contribution is 7.10. The summed E-state index contributed by atoms with van der Waals surface area (Å²) in [4.78, 5) is 1.27. The average molecular weight is 232 g/mol. The van der Waals surface area contributed by atoms with Crippen LogP contribution in [0.3, 0.4) is 0 Å². The van der Waals surface area contributed by atoms with Gasteiger partial charge in [0.2, 0.25) is 0 Å². The van der Waals surface area contributed by atoms with E-state index in [1.54, 1.807) is 11.3 Å². The summed E-state index contributed by atoms with van der Waals surface area (Å²) in [5.74, 6) is 0. The number of thiophene rings is 1. The molecule has 0 unspecified atom stereocenters. The molecule has 0 radical (unpaired) electrons. The molecular formula is C13H16N2S. The van der Waals surface area contributed by atoms with Gasteiger partial charge in [-0.1, -0.05) is 6.07 Å². The molecule has 0 fully saturated rings. The Balaban J connectivity index is 2.14. The van der Waals surface area contributed by atoms with Crippen LogP contribution in [0.4, 0.5) is 0 Å². The van der Waals surface area contributed by atoms with Crippen molar-refractivity contribution in [1.82, 2.24) is 10.6 Å². The van der Waals surface area contributed by atoms with Crippen LogP contribution in [-0.4, -0.2) is 0 Å². The van der Waals surface area contributed by atoms with Crippen molar-refractivity contribution >= 4 is 17.4 Å². The maximum Gasteiger partial charge on any atom is 0.0576 e. The molecule has 0 aliphatic carbocycles. The second kappa shape index (κ2) is 4.58. The Morgan fingerprint density at radius 2 is 1.75 bits per heavy atom. The van der Waals surface area contributed by atoms with Crippen molar-refractivity contribution in [3.8, 4) is 0 Å². The van der Waals surface area contributed by atoms with Crippen LogP contribution in [-0.2, 0) is 0 Å². The number of rotatable bonds is 2. The summed E-state index contributed by atoms with van der Waals surface area (Å²) in [5, 5.41) is 8.84. The molecule has 0 atom stereocenters. The van der Waals surface area contributed by atoms with E-state index in [1.165, 1.54) is 16.3 Å². The van der Waals surface area contributed by atoms with Gasteiger partial charge in [0.25, 0.3) is 0 Å². The Labute approximate surface area is 100 Å². The van der Waals surface area contributed by atoms with Crippen molar-refractivity contribution in [2.45, 2.75) is 20.8 Å². The minimum atomic E-state index is 1.14. The van der Waals surface area contributed by atoms with E-state index >= 15 is 0 Å². The van der Waals surface area contributed by atoms with Gasteiger partial charge < -0.3 is 10.6 Å². The monoisotopic (exact) mass is 232 g/mol. The quantitative estimate of drug-likeness (QED) is 0.816. The molecule has 1 aliphatic heterocycles. The molecule has 1 aromatic heterocycles. The van der Waals surface area contributed by atoms with Crippen molar-refractivity contribution < 1.29 is 0 Å². The molecule has 2 N–H and O–H groups in total. The van der Waals surface area contributed by atoms with Crippen molar-refractivity contribution in [2.24, 2.45) is 0 Å². The molecule has 84 valence electrons. The topological polar surface area (TPSA) is 24.1 Å². The van der Waals surface area contributed by atoms with Gasteiger partial charge in [0.15, 0.2) is 0 Å². The molecule has 0 spiro atoms. The van der Waals surface area contributed by atoms with Crippen molar-refractivity contribution in [2.75, 3.05) is 0 Å². The molecule has 0 amide bonds. The van der Waals surface area contributed by atoms with Gasteiger partial charge in [-0.2, -0.15) is 0 Å². The van der Waals surface area contributed by atoms with E-state index in [0.29, 0.717) is 0 Å². The molecule has 1 aliphatic rings. The fourth-order valence-corrected chi connectivity index (χ4v) is 2.17. The Kier molecular flexibility index (Phi) is 3.15. The van der Waals surface area contributed by atoms with Crippen molar-refractivity contribution in [3.05, 3.63) is 51.3 Å². The van der Waals surface area contributed by atoms with Gasteiger partial charge in [-0.25, -0.2) is 0 Å². The molecule has 2 rings (SSSR count). The zero-order chi connectivity index (χ0) is 11.5. The SMILES string of the molecule is CC1=C(C)NC(/C=C/c2cccs2)=C(C)N1. The smallest absolute Gasteiger partial charge is 0.0576 e. The minimum absolute atomic E-state index is 1.14. The standard InChI is InChI=1S/C13H16N2S/c1-9-10(2)15-13(11(3)14-9)7-6-12-5-4-8-16-12/h4-8,14-15H,1-3H3/b7-6+. The van der Waals surface area contributed by atoms with Gasteiger partial charge in [0.05, 0.1) is 5.70 Å². The summed E-state index contributed by atoms with van der Waals surface area (Å²) in [6.07, 6.45) is 4.25. The minimum Gasteiger partial charge on any atom is -0.360 e. The lowest BCUT2D eigenvalue weighted by molar-refractivity contribution is 0.804. The predicted molar refractivity (Wildman–Crippen MR) is 70.7 cm³/mol. The second-order valence-corrected chi connectivity index (χ2v) is 4.87. The van der Waals surface area contributed by atoms with Crippen LogP contribution in [0.2, 0.25) is 0 Å². The Hall–Kier alpha value is -1.48. The fourth-order valence-electron chi connectivity index (χ4n) is 1.55. The van der Waals surface area contributed by atoms with E-state index in [2.05, 4.69) is 61.1 Å². The van der Waals surface area contributed by atoms with Gasteiger partial charge >= 0.3 is 0 Å². The molecule has 0 bridgehead atoms. The van der Waals surface area contributed by atoms with E-state index in [0.717, 1.165) is 11.4 Å². The normalized spacial score (nSPS) is 16.7. The molecule has 0 aromatic carbocycles. The summed E-state index contributed by atoms with van der Waals surface area (Å²) >= 11 is 1.74. The van der Waals surface area contributed by atoms with E-state index in [-0.39, 0.29) is 0 Å². The molecule has 3 heteroatoms. The highest BCUT2D eigenvalue weighted by Crippen LogP contribution is 2.16. The summed E-state index contributed by atoms with van der Waals surface area (Å²) in [6, 6.07) is 4.18. The van der Waals surface area contributed by atoms with Gasteiger partial charge in [-0.3, -0.25) is 0 Å². The lowest BCUT2D eigenvalue weighted by atomic mass is 10.2. The lowest BCUT2D eigenvalue weighted by Gasteiger charge is -2.22. The summed E-state index contributed by atoms with van der Waals surface area (Å²) in [7, 11) is 0. The maximum atomic E-state index is 3.39. The molecule has 0 saturated carbocycles. The van der Waals surface area contributed by atoms with E-state index in [1.807, 2.05) is 0 Å². The average Bonchev–Trinajstić information content (AvgIpc) is 2.74. The highest BCUT2D eigenvalue weighted by Gasteiger charge is 2.08. The fraction of sp³-hybridized carbons (Fsp3) is 0.231. The first-order valence-electron chi connectivity index (χ1n) is 5.31. The first-order chi connectivity index (χ1) is 7.66. The van der Waals surface area contributed by atoms with Crippen LogP contribution in [0.1, 0.15) is 25.6 Å². The molecule has 2 heterocycles. The largest absolute Gasteiger partial charge is 0.360 e. The Morgan fingerprint density at radius 1 is 1.00 bits per heavy atom. The molecule has 1 aromatic rings. The van der Waals surface area contributed by atoms with Crippen LogP contribution in [0.5, 0.6) is 0 Å². The van der Waals surface area contributed by atoms with Crippen LogP contribution in [0.15, 0.2) is 46.4 Å². The van der Waals surface area contributed by atoms with Crippen LogP contribution in [0.25, 0.3) is 6.08 Å². The second-order valence-electron chi connectivity index (χ2n) is 3.89. The summed E-state index contributed by atoms with van der Waals surface area (Å²) in [5.41, 5.74) is 4.66. The first kappa shape index (κ1) is 11.0. The Morgan fingerprint density at radius 3 is 2.44 bits per heavy atom. The predicted octanol–water partition coefficient (Wildman–Crippen LogP) is 3.44. The maximum absolute atomic E-state index is 3.39. The number of hydrogen-bond acceptors (Lipinski definition) is 3. The summed E-state index contributed by atoms with van der Waals surface area (Å²) in [6.45, 7) is 6.23. The van der Waals surface area contributed by atoms with E-state index in [9.17, 15) is 0 Å².